The molecular weight excluding hydrogens is 466 g/mol. The molecule has 0 bridgehead atoms. The van der Waals surface area contributed by atoms with Gasteiger partial charge in [-0.3, -0.25) is 4.79 Å². The average Bonchev–Trinajstić information content (AvgIpc) is 2.92. The summed E-state index contributed by atoms with van der Waals surface area (Å²) in [6.07, 6.45) is 0. The van der Waals surface area contributed by atoms with Crippen LogP contribution in [-0.2, 0) is 10.0 Å². The molecule has 1 aliphatic rings. The van der Waals surface area contributed by atoms with Crippen molar-refractivity contribution in [2.45, 2.75) is 4.90 Å². The van der Waals surface area contributed by atoms with E-state index in [1.165, 1.54) is 30.7 Å². The van der Waals surface area contributed by atoms with Crippen LogP contribution in [0.4, 0.5) is 11.4 Å². The van der Waals surface area contributed by atoms with Gasteiger partial charge < -0.3 is 19.3 Å². The topological polar surface area (TPSA) is 79.4 Å². The maximum atomic E-state index is 13.4. The molecule has 3 aromatic rings. The smallest absolute Gasteiger partial charge is 0.256 e. The number of methoxy groups -OCH3 is 2. The number of benzene rings is 3. The van der Waals surface area contributed by atoms with Crippen LogP contribution in [0.2, 0.25) is 0 Å². The lowest BCUT2D eigenvalue weighted by atomic mass is 10.1. The zero-order valence-electron chi connectivity index (χ0n) is 20.0. The molecule has 0 spiro atoms. The summed E-state index contributed by atoms with van der Waals surface area (Å²) in [4.78, 5) is 17.3. The van der Waals surface area contributed by atoms with Crippen LogP contribution < -0.4 is 14.4 Å². The Balaban J connectivity index is 1.49. The predicted octanol–water partition coefficient (Wildman–Crippen LogP) is 3.62. The average molecular weight is 496 g/mol. The van der Waals surface area contributed by atoms with E-state index < -0.39 is 10.0 Å². The van der Waals surface area contributed by atoms with Crippen molar-refractivity contribution in [3.8, 4) is 11.5 Å². The van der Waals surface area contributed by atoms with Crippen molar-refractivity contribution in [3.05, 3.63) is 78.4 Å². The monoisotopic (exact) mass is 495 g/mol. The second-order valence-electron chi connectivity index (χ2n) is 8.12. The number of nitrogens with zero attached hydrogens (tertiary/aromatic N) is 3. The number of amides is 1. The van der Waals surface area contributed by atoms with Gasteiger partial charge in [-0.2, -0.15) is 4.31 Å². The molecule has 0 saturated carbocycles. The molecule has 3 aromatic carbocycles. The molecule has 4 rings (SSSR count). The van der Waals surface area contributed by atoms with Crippen molar-refractivity contribution in [1.29, 1.82) is 0 Å². The number of para-hydroxylation sites is 2. The first-order valence-electron chi connectivity index (χ1n) is 11.3. The molecule has 0 unspecified atom stereocenters. The van der Waals surface area contributed by atoms with Gasteiger partial charge in [-0.05, 0) is 36.4 Å². The number of rotatable bonds is 7. The number of carbonyl (C=O) groups is 1. The van der Waals surface area contributed by atoms with E-state index in [0.717, 1.165) is 11.4 Å². The van der Waals surface area contributed by atoms with E-state index >= 15 is 0 Å². The molecule has 35 heavy (non-hydrogen) atoms. The third kappa shape index (κ3) is 4.96. The number of piperazine rings is 1. The fourth-order valence-electron chi connectivity index (χ4n) is 4.17. The first-order valence-corrected chi connectivity index (χ1v) is 12.7. The fraction of sp³-hybridized carbons (Fsp3) is 0.269. The molecule has 0 radical (unpaired) electrons. The lowest BCUT2D eigenvalue weighted by Gasteiger charge is -2.35. The van der Waals surface area contributed by atoms with Crippen molar-refractivity contribution < 1.29 is 22.7 Å². The van der Waals surface area contributed by atoms with Crippen molar-refractivity contribution in [1.82, 2.24) is 9.21 Å². The summed E-state index contributed by atoms with van der Waals surface area (Å²) in [5, 5.41) is 0. The summed E-state index contributed by atoms with van der Waals surface area (Å²) >= 11 is 0. The van der Waals surface area contributed by atoms with E-state index in [9.17, 15) is 13.2 Å². The fourth-order valence-corrected chi connectivity index (χ4v) is 5.60. The van der Waals surface area contributed by atoms with Crippen LogP contribution in [0.1, 0.15) is 10.4 Å². The standard InChI is InChI=1S/C26H29N3O5S/c1-27(20-9-5-4-6-10-20)23-12-8-7-11-22(23)26(30)28-15-17-29(18-16-28)35(31,32)21-13-14-24(33-2)25(19-21)34-3/h4-14,19H,15-18H2,1-3H3. The maximum absolute atomic E-state index is 13.4. The Morgan fingerprint density at radius 1 is 0.829 bits per heavy atom. The molecule has 1 aliphatic heterocycles. The molecule has 184 valence electrons. The van der Waals surface area contributed by atoms with Gasteiger partial charge in [-0.25, -0.2) is 8.42 Å². The number of hydrogen-bond donors (Lipinski definition) is 0. The third-order valence-corrected chi connectivity index (χ3v) is 8.05. The first kappa shape index (κ1) is 24.6. The van der Waals surface area contributed by atoms with Gasteiger partial charge in [0.25, 0.3) is 5.91 Å². The Kier molecular flexibility index (Phi) is 7.28. The van der Waals surface area contributed by atoms with Crippen LogP contribution in [0.15, 0.2) is 77.7 Å². The highest BCUT2D eigenvalue weighted by atomic mass is 32.2. The molecule has 1 heterocycles. The SMILES string of the molecule is COc1ccc(S(=O)(=O)N2CCN(C(=O)c3ccccc3N(C)c3ccccc3)CC2)cc1OC. The van der Waals surface area contributed by atoms with Gasteiger partial charge in [-0.15, -0.1) is 0 Å². The summed E-state index contributed by atoms with van der Waals surface area (Å²) in [6.45, 7) is 1.02. The van der Waals surface area contributed by atoms with Gasteiger partial charge >= 0.3 is 0 Å². The van der Waals surface area contributed by atoms with Crippen molar-refractivity contribution in [2.24, 2.45) is 0 Å². The largest absolute Gasteiger partial charge is 0.493 e. The second kappa shape index (κ2) is 10.4. The number of sulfonamides is 1. The third-order valence-electron chi connectivity index (χ3n) is 6.16. The number of carbonyl (C=O) groups excluding carboxylic acids is 1. The van der Waals surface area contributed by atoms with Gasteiger partial charge in [-0.1, -0.05) is 30.3 Å². The molecule has 0 N–H and O–H groups in total. The van der Waals surface area contributed by atoms with E-state index in [-0.39, 0.29) is 23.9 Å². The van der Waals surface area contributed by atoms with Crippen molar-refractivity contribution >= 4 is 27.3 Å². The Morgan fingerprint density at radius 2 is 1.46 bits per heavy atom. The van der Waals surface area contributed by atoms with Crippen LogP contribution >= 0.6 is 0 Å². The summed E-state index contributed by atoms with van der Waals surface area (Å²) in [5.74, 6) is 0.689. The van der Waals surface area contributed by atoms with Crippen molar-refractivity contribution in [2.75, 3.05) is 52.3 Å². The Labute approximate surface area is 206 Å². The highest BCUT2D eigenvalue weighted by molar-refractivity contribution is 7.89. The summed E-state index contributed by atoms with van der Waals surface area (Å²) in [5.41, 5.74) is 2.35. The minimum absolute atomic E-state index is 0.119. The molecule has 8 nitrogen and oxygen atoms in total. The molecule has 1 fully saturated rings. The quantitative estimate of drug-likeness (QED) is 0.498. The highest BCUT2D eigenvalue weighted by Crippen LogP contribution is 2.31. The highest BCUT2D eigenvalue weighted by Gasteiger charge is 2.32. The summed E-state index contributed by atoms with van der Waals surface area (Å²) < 4.78 is 38.3. The van der Waals surface area contributed by atoms with Crippen LogP contribution in [0.5, 0.6) is 11.5 Å². The Hall–Kier alpha value is -3.56. The van der Waals surface area contributed by atoms with E-state index in [4.69, 9.17) is 9.47 Å². The lowest BCUT2D eigenvalue weighted by molar-refractivity contribution is 0.0698. The summed E-state index contributed by atoms with van der Waals surface area (Å²) in [7, 11) is 1.15. The molecule has 0 aliphatic carbocycles. The number of hydrogen-bond acceptors (Lipinski definition) is 6. The van der Waals surface area contributed by atoms with E-state index in [1.807, 2.05) is 66.5 Å². The van der Waals surface area contributed by atoms with Crippen LogP contribution in [0.25, 0.3) is 0 Å². The molecule has 9 heteroatoms. The van der Waals surface area contributed by atoms with Crippen LogP contribution in [0.3, 0.4) is 0 Å². The molecule has 1 saturated heterocycles. The molecule has 0 aromatic heterocycles. The Morgan fingerprint density at radius 3 is 2.11 bits per heavy atom. The number of anilines is 2. The van der Waals surface area contributed by atoms with Gasteiger partial charge in [0.2, 0.25) is 10.0 Å². The van der Waals surface area contributed by atoms with Crippen molar-refractivity contribution in [3.63, 3.8) is 0 Å². The molecule has 1 amide bonds. The Bertz CT molecular complexity index is 1290. The predicted molar refractivity (Wildman–Crippen MR) is 135 cm³/mol. The van der Waals surface area contributed by atoms with E-state index in [1.54, 1.807) is 11.0 Å². The first-order chi connectivity index (χ1) is 16.9. The van der Waals surface area contributed by atoms with Gasteiger partial charge in [0.1, 0.15) is 0 Å². The van der Waals surface area contributed by atoms with Gasteiger partial charge in [0, 0.05) is 45.0 Å². The lowest BCUT2D eigenvalue weighted by Crippen LogP contribution is -2.50. The zero-order valence-corrected chi connectivity index (χ0v) is 20.9. The molecule has 0 atom stereocenters. The number of ether oxygens (including phenoxy) is 2. The minimum Gasteiger partial charge on any atom is -0.493 e. The maximum Gasteiger partial charge on any atom is 0.256 e. The van der Waals surface area contributed by atoms with Crippen LogP contribution in [-0.4, -0.2) is 71.0 Å². The second-order valence-corrected chi connectivity index (χ2v) is 10.1. The van der Waals surface area contributed by atoms with Gasteiger partial charge in [0.15, 0.2) is 11.5 Å². The molecular formula is C26H29N3O5S. The normalized spacial score (nSPS) is 14.4. The van der Waals surface area contributed by atoms with E-state index in [0.29, 0.717) is 30.2 Å². The minimum atomic E-state index is -3.74. The summed E-state index contributed by atoms with van der Waals surface area (Å²) in [6, 6.07) is 21.8. The van der Waals surface area contributed by atoms with Gasteiger partial charge in [0.05, 0.1) is 30.4 Å². The van der Waals surface area contributed by atoms with E-state index in [2.05, 4.69) is 0 Å². The zero-order chi connectivity index (χ0) is 25.0. The van der Waals surface area contributed by atoms with Crippen LogP contribution in [0, 0.1) is 0 Å².